The monoisotopic (exact) mass is 295 g/mol. The predicted molar refractivity (Wildman–Crippen MR) is 76.5 cm³/mol. The van der Waals surface area contributed by atoms with Crippen LogP contribution in [0.15, 0.2) is 12.4 Å². The van der Waals surface area contributed by atoms with E-state index in [1.165, 1.54) is 4.68 Å². The largest absolute Gasteiger partial charge is 0.348 e. The molecule has 20 heavy (non-hydrogen) atoms. The molecule has 0 saturated heterocycles. The lowest BCUT2D eigenvalue weighted by Crippen LogP contribution is -2.30. The summed E-state index contributed by atoms with van der Waals surface area (Å²) in [6, 6.07) is -0.0941. The van der Waals surface area contributed by atoms with Crippen molar-refractivity contribution < 1.29 is 4.79 Å². The molecule has 108 valence electrons. The van der Waals surface area contributed by atoms with Gasteiger partial charge in [-0.2, -0.15) is 10.2 Å². The third kappa shape index (κ3) is 3.01. The fourth-order valence-electron chi connectivity index (χ4n) is 2.03. The Kier molecular flexibility index (Phi) is 4.13. The van der Waals surface area contributed by atoms with Crippen molar-refractivity contribution in [2.24, 2.45) is 7.05 Å². The van der Waals surface area contributed by atoms with E-state index in [2.05, 4.69) is 15.5 Å². The number of nitrogens with one attached hydrogen (secondary N) is 1. The highest BCUT2D eigenvalue weighted by Gasteiger charge is 2.15. The fourth-order valence-corrected chi connectivity index (χ4v) is 2.18. The number of rotatable bonds is 4. The minimum Gasteiger partial charge on any atom is -0.348 e. The van der Waals surface area contributed by atoms with Gasteiger partial charge >= 0.3 is 0 Å². The quantitative estimate of drug-likeness (QED) is 0.935. The maximum absolute atomic E-state index is 12.0. The zero-order valence-corrected chi connectivity index (χ0v) is 12.8. The van der Waals surface area contributed by atoms with Gasteiger partial charge in [0.15, 0.2) is 0 Å². The summed E-state index contributed by atoms with van der Waals surface area (Å²) >= 11 is 5.91. The summed E-state index contributed by atoms with van der Waals surface area (Å²) in [5.41, 5.74) is 2.77. The van der Waals surface area contributed by atoms with Gasteiger partial charge in [0.2, 0.25) is 5.91 Å². The fraction of sp³-hybridized carbons (Fsp3) is 0.462. The molecule has 2 aromatic heterocycles. The molecule has 0 bridgehead atoms. The van der Waals surface area contributed by atoms with Gasteiger partial charge in [0, 0.05) is 24.5 Å². The van der Waals surface area contributed by atoms with Gasteiger partial charge in [-0.25, -0.2) is 0 Å². The van der Waals surface area contributed by atoms with Crippen molar-refractivity contribution in [1.29, 1.82) is 0 Å². The molecule has 0 aliphatic heterocycles. The number of aryl methyl sites for hydroxylation is 2. The highest BCUT2D eigenvalue weighted by atomic mass is 35.5. The molecule has 2 aromatic rings. The molecule has 0 spiro atoms. The van der Waals surface area contributed by atoms with Crippen LogP contribution in [0.4, 0.5) is 0 Å². The van der Waals surface area contributed by atoms with Gasteiger partial charge in [0.25, 0.3) is 0 Å². The number of halogens is 1. The molecule has 6 nitrogen and oxygen atoms in total. The molecule has 0 fully saturated rings. The minimum atomic E-state index is -0.111. The highest BCUT2D eigenvalue weighted by molar-refractivity contribution is 6.31. The molecule has 0 radical (unpaired) electrons. The van der Waals surface area contributed by atoms with Crippen LogP contribution >= 0.6 is 11.6 Å². The van der Waals surface area contributed by atoms with Gasteiger partial charge in [-0.05, 0) is 20.8 Å². The first kappa shape index (κ1) is 14.6. The third-order valence-electron chi connectivity index (χ3n) is 3.31. The van der Waals surface area contributed by atoms with E-state index in [0.29, 0.717) is 5.02 Å². The van der Waals surface area contributed by atoms with E-state index >= 15 is 0 Å². The van der Waals surface area contributed by atoms with Crippen LogP contribution in [0.5, 0.6) is 0 Å². The Hall–Kier alpha value is -1.82. The molecule has 1 amide bonds. The molecule has 0 aromatic carbocycles. The van der Waals surface area contributed by atoms with Crippen molar-refractivity contribution in [3.63, 3.8) is 0 Å². The number of aromatic nitrogens is 4. The van der Waals surface area contributed by atoms with E-state index < -0.39 is 0 Å². The van der Waals surface area contributed by atoms with Crippen molar-refractivity contribution in [1.82, 2.24) is 24.9 Å². The van der Waals surface area contributed by atoms with Gasteiger partial charge in [0.1, 0.15) is 6.54 Å². The number of hydrogen-bond donors (Lipinski definition) is 1. The third-order valence-corrected chi connectivity index (χ3v) is 3.68. The van der Waals surface area contributed by atoms with Gasteiger partial charge in [-0.1, -0.05) is 11.6 Å². The van der Waals surface area contributed by atoms with Gasteiger partial charge in [0.05, 0.1) is 23.0 Å². The zero-order valence-electron chi connectivity index (χ0n) is 12.0. The van der Waals surface area contributed by atoms with Crippen LogP contribution in [-0.2, 0) is 18.4 Å². The van der Waals surface area contributed by atoms with E-state index in [1.54, 1.807) is 24.0 Å². The summed E-state index contributed by atoms with van der Waals surface area (Å²) < 4.78 is 3.32. The lowest BCUT2D eigenvalue weighted by molar-refractivity contribution is -0.122. The van der Waals surface area contributed by atoms with Crippen LogP contribution in [-0.4, -0.2) is 25.5 Å². The Morgan fingerprint density at radius 1 is 1.50 bits per heavy atom. The molecule has 0 aliphatic rings. The Bertz CT molecular complexity index is 611. The minimum absolute atomic E-state index is 0.0941. The molecule has 0 saturated carbocycles. The Balaban J connectivity index is 1.99. The molecule has 7 heteroatoms. The normalized spacial score (nSPS) is 12.4. The summed E-state index contributed by atoms with van der Waals surface area (Å²) in [5.74, 6) is -0.111. The van der Waals surface area contributed by atoms with Crippen LogP contribution in [0.2, 0.25) is 5.02 Å². The van der Waals surface area contributed by atoms with Crippen molar-refractivity contribution >= 4 is 17.5 Å². The second-order valence-corrected chi connectivity index (χ2v) is 5.27. The summed E-state index contributed by atoms with van der Waals surface area (Å²) in [5, 5.41) is 11.8. The van der Waals surface area contributed by atoms with Gasteiger partial charge < -0.3 is 5.32 Å². The van der Waals surface area contributed by atoms with Crippen molar-refractivity contribution in [3.05, 3.63) is 34.4 Å². The van der Waals surface area contributed by atoms with Crippen LogP contribution in [0, 0.1) is 13.8 Å². The molecule has 2 heterocycles. The first-order valence-corrected chi connectivity index (χ1v) is 6.73. The van der Waals surface area contributed by atoms with Crippen molar-refractivity contribution in [3.8, 4) is 0 Å². The van der Waals surface area contributed by atoms with Crippen LogP contribution in [0.1, 0.15) is 29.9 Å². The summed E-state index contributed by atoms with van der Waals surface area (Å²) in [7, 11) is 1.88. The van der Waals surface area contributed by atoms with Crippen LogP contribution in [0.3, 0.4) is 0 Å². The molecule has 1 N–H and O–H groups in total. The number of carbonyl (C=O) groups excluding carboxylic acids is 1. The lowest BCUT2D eigenvalue weighted by atomic mass is 10.1. The number of amides is 1. The summed E-state index contributed by atoms with van der Waals surface area (Å²) in [6.45, 7) is 5.86. The SMILES string of the molecule is Cc1nn(CC(=O)NC(C)c2cnn(C)c2C)cc1Cl. The van der Waals surface area contributed by atoms with E-state index in [1.807, 2.05) is 20.9 Å². The number of carbonyl (C=O) groups is 1. The zero-order chi connectivity index (χ0) is 14.9. The predicted octanol–water partition coefficient (Wildman–Crippen LogP) is 1.76. The standard InChI is InChI=1S/C13H18ClN5O/c1-8(11-5-15-18(4)10(11)3)16-13(20)7-19-6-12(14)9(2)17-19/h5-6,8H,7H2,1-4H3,(H,16,20). The smallest absolute Gasteiger partial charge is 0.242 e. The Morgan fingerprint density at radius 3 is 2.70 bits per heavy atom. The van der Waals surface area contributed by atoms with Gasteiger partial charge in [-0.15, -0.1) is 0 Å². The second-order valence-electron chi connectivity index (χ2n) is 4.86. The maximum atomic E-state index is 12.0. The average molecular weight is 296 g/mol. The second kappa shape index (κ2) is 5.66. The molecule has 1 unspecified atom stereocenters. The Labute approximate surface area is 122 Å². The van der Waals surface area contributed by atoms with Gasteiger partial charge in [-0.3, -0.25) is 14.2 Å². The molecular formula is C13H18ClN5O. The van der Waals surface area contributed by atoms with Crippen LogP contribution in [0.25, 0.3) is 0 Å². The number of nitrogens with zero attached hydrogens (tertiary/aromatic N) is 4. The number of hydrogen-bond acceptors (Lipinski definition) is 3. The molecule has 1 atom stereocenters. The van der Waals surface area contributed by atoms with Crippen molar-refractivity contribution in [2.45, 2.75) is 33.4 Å². The lowest BCUT2D eigenvalue weighted by Gasteiger charge is -2.13. The Morgan fingerprint density at radius 2 is 2.20 bits per heavy atom. The van der Waals surface area contributed by atoms with Crippen molar-refractivity contribution in [2.75, 3.05) is 0 Å². The molecular weight excluding hydrogens is 278 g/mol. The highest BCUT2D eigenvalue weighted by Crippen LogP contribution is 2.16. The van der Waals surface area contributed by atoms with E-state index in [9.17, 15) is 4.79 Å². The molecule has 2 rings (SSSR count). The summed E-state index contributed by atoms with van der Waals surface area (Å²) in [4.78, 5) is 12.0. The van der Waals surface area contributed by atoms with Crippen LogP contribution < -0.4 is 5.32 Å². The van der Waals surface area contributed by atoms with E-state index in [-0.39, 0.29) is 18.5 Å². The van der Waals surface area contributed by atoms with E-state index in [0.717, 1.165) is 17.0 Å². The summed E-state index contributed by atoms with van der Waals surface area (Å²) in [6.07, 6.45) is 3.42. The maximum Gasteiger partial charge on any atom is 0.242 e. The first-order chi connectivity index (χ1) is 9.38. The van der Waals surface area contributed by atoms with E-state index in [4.69, 9.17) is 11.6 Å². The average Bonchev–Trinajstić information content (AvgIpc) is 2.84. The first-order valence-electron chi connectivity index (χ1n) is 6.36. The molecule has 0 aliphatic carbocycles. The topological polar surface area (TPSA) is 64.7 Å².